The zero-order valence-electron chi connectivity index (χ0n) is 13.3. The number of fused-ring (bicyclic) bond motifs is 2. The molecule has 2 aliphatic heterocycles. The van der Waals surface area contributed by atoms with Crippen LogP contribution in [0, 0.1) is 17.8 Å². The highest BCUT2D eigenvalue weighted by molar-refractivity contribution is 5.83. The van der Waals surface area contributed by atoms with E-state index in [1.54, 1.807) is 0 Å². The summed E-state index contributed by atoms with van der Waals surface area (Å²) in [4.78, 5) is 12.6. The van der Waals surface area contributed by atoms with Crippen LogP contribution in [0.3, 0.4) is 0 Å². The maximum absolute atomic E-state index is 12.6. The largest absolute Gasteiger partial charge is 0.493 e. The lowest BCUT2D eigenvalue weighted by atomic mass is 9.78. The molecule has 3 aliphatic rings. The summed E-state index contributed by atoms with van der Waals surface area (Å²) in [5, 5.41) is 6.68. The van der Waals surface area contributed by atoms with Gasteiger partial charge in [-0.25, -0.2) is 0 Å². The molecule has 1 unspecified atom stereocenters. The summed E-state index contributed by atoms with van der Waals surface area (Å²) in [6, 6.07) is 8.21. The van der Waals surface area contributed by atoms with Crippen molar-refractivity contribution in [1.82, 2.24) is 10.6 Å². The highest BCUT2D eigenvalue weighted by atomic mass is 16.5. The van der Waals surface area contributed by atoms with Crippen LogP contribution in [0.15, 0.2) is 24.3 Å². The summed E-state index contributed by atoms with van der Waals surface area (Å²) >= 11 is 0. The van der Waals surface area contributed by atoms with Crippen LogP contribution < -0.4 is 15.4 Å². The van der Waals surface area contributed by atoms with E-state index in [4.69, 9.17) is 4.74 Å². The number of piperidine rings is 1. The standard InChI is InChI=1S/C18H24N2O2/c1-18(2,20-17(21)16-12-9-19-10-13(12)16)14-7-8-22-15-6-4-3-5-11(14)15/h3-6,12-14,16,19H,7-10H2,1-2H3,(H,20,21)/t12-,13+,14?,16+. The van der Waals surface area contributed by atoms with Crippen LogP contribution in [-0.2, 0) is 4.79 Å². The summed E-state index contributed by atoms with van der Waals surface area (Å²) in [6.45, 7) is 7.02. The molecule has 0 radical (unpaired) electrons. The minimum Gasteiger partial charge on any atom is -0.493 e. The number of para-hydroxylation sites is 1. The van der Waals surface area contributed by atoms with Crippen molar-refractivity contribution >= 4 is 5.91 Å². The van der Waals surface area contributed by atoms with Gasteiger partial charge >= 0.3 is 0 Å². The van der Waals surface area contributed by atoms with E-state index in [0.717, 1.165) is 31.9 Å². The van der Waals surface area contributed by atoms with Crippen molar-refractivity contribution in [3.8, 4) is 5.75 Å². The van der Waals surface area contributed by atoms with Crippen LogP contribution in [-0.4, -0.2) is 31.1 Å². The highest BCUT2D eigenvalue weighted by Crippen LogP contribution is 2.49. The lowest BCUT2D eigenvalue weighted by Crippen LogP contribution is -2.50. The third kappa shape index (κ3) is 2.21. The fourth-order valence-corrected chi connectivity index (χ4v) is 4.39. The van der Waals surface area contributed by atoms with Gasteiger partial charge in [0.15, 0.2) is 0 Å². The van der Waals surface area contributed by atoms with Crippen molar-refractivity contribution in [1.29, 1.82) is 0 Å². The molecule has 1 aromatic rings. The number of hydrogen-bond acceptors (Lipinski definition) is 3. The van der Waals surface area contributed by atoms with Gasteiger partial charge in [0.1, 0.15) is 5.75 Å². The Hall–Kier alpha value is -1.55. The van der Waals surface area contributed by atoms with Crippen LogP contribution >= 0.6 is 0 Å². The zero-order chi connectivity index (χ0) is 15.3. The number of amides is 1. The minimum absolute atomic E-state index is 0.232. The molecule has 4 heteroatoms. The molecule has 1 amide bonds. The number of carbonyl (C=O) groups is 1. The van der Waals surface area contributed by atoms with E-state index in [1.807, 2.05) is 12.1 Å². The molecule has 4 nitrogen and oxygen atoms in total. The SMILES string of the molecule is CC(C)(NC(=O)[C@H]1[C@@H]2CNC[C@@H]21)C1CCOc2ccccc21. The second-order valence-electron chi connectivity index (χ2n) is 7.45. The van der Waals surface area contributed by atoms with Crippen molar-refractivity contribution in [2.75, 3.05) is 19.7 Å². The molecule has 4 rings (SSSR count). The smallest absolute Gasteiger partial charge is 0.224 e. The van der Waals surface area contributed by atoms with Crippen LogP contribution in [0.25, 0.3) is 0 Å². The third-order valence-corrected chi connectivity index (χ3v) is 5.67. The number of nitrogens with one attached hydrogen (secondary N) is 2. The Morgan fingerprint density at radius 1 is 1.27 bits per heavy atom. The van der Waals surface area contributed by atoms with Gasteiger partial charge in [0.05, 0.1) is 6.61 Å². The Morgan fingerprint density at radius 3 is 2.77 bits per heavy atom. The molecular weight excluding hydrogens is 276 g/mol. The van der Waals surface area contributed by atoms with Crippen LogP contribution in [0.5, 0.6) is 5.75 Å². The van der Waals surface area contributed by atoms with E-state index >= 15 is 0 Å². The number of ether oxygens (including phenoxy) is 1. The van der Waals surface area contributed by atoms with E-state index in [9.17, 15) is 4.79 Å². The molecule has 118 valence electrons. The first kappa shape index (κ1) is 14.1. The van der Waals surface area contributed by atoms with Crippen molar-refractivity contribution < 1.29 is 9.53 Å². The van der Waals surface area contributed by atoms with Gasteiger partial charge < -0.3 is 15.4 Å². The zero-order valence-corrected chi connectivity index (χ0v) is 13.3. The Kier molecular flexibility index (Phi) is 3.19. The van der Waals surface area contributed by atoms with Gasteiger partial charge in [0.25, 0.3) is 0 Å². The predicted molar refractivity (Wildman–Crippen MR) is 84.9 cm³/mol. The molecule has 0 spiro atoms. The molecule has 1 saturated carbocycles. The van der Waals surface area contributed by atoms with Crippen molar-refractivity contribution in [3.05, 3.63) is 29.8 Å². The summed E-state index contributed by atoms with van der Waals surface area (Å²) in [5.41, 5.74) is 0.970. The normalized spacial score (nSPS) is 32.6. The van der Waals surface area contributed by atoms with Crippen LogP contribution in [0.2, 0.25) is 0 Å². The molecule has 2 heterocycles. The maximum Gasteiger partial charge on any atom is 0.224 e. The fraction of sp³-hybridized carbons (Fsp3) is 0.611. The Morgan fingerprint density at radius 2 is 2.00 bits per heavy atom. The molecule has 4 atom stereocenters. The lowest BCUT2D eigenvalue weighted by Gasteiger charge is -2.39. The summed E-state index contributed by atoms with van der Waals surface area (Å²) in [6.07, 6.45) is 0.948. The van der Waals surface area contributed by atoms with Gasteiger partial charge in [0, 0.05) is 17.4 Å². The molecule has 1 aromatic carbocycles. The third-order valence-electron chi connectivity index (χ3n) is 5.67. The molecule has 0 aromatic heterocycles. The molecule has 0 bridgehead atoms. The Labute approximate surface area is 131 Å². The number of rotatable bonds is 3. The molecule has 2 fully saturated rings. The number of carbonyl (C=O) groups excluding carboxylic acids is 1. The Bertz CT molecular complexity index is 589. The average Bonchev–Trinajstić information content (AvgIpc) is 3.00. The number of benzene rings is 1. The first-order valence-corrected chi connectivity index (χ1v) is 8.32. The van der Waals surface area contributed by atoms with E-state index in [2.05, 4.69) is 36.6 Å². The van der Waals surface area contributed by atoms with Crippen molar-refractivity contribution in [3.63, 3.8) is 0 Å². The molecule has 1 saturated heterocycles. The average molecular weight is 300 g/mol. The van der Waals surface area contributed by atoms with Crippen LogP contribution in [0.4, 0.5) is 0 Å². The topological polar surface area (TPSA) is 50.4 Å². The van der Waals surface area contributed by atoms with Gasteiger partial charge in [-0.05, 0) is 56.8 Å². The maximum atomic E-state index is 12.6. The Balaban J connectivity index is 1.50. The van der Waals surface area contributed by atoms with E-state index in [0.29, 0.717) is 17.8 Å². The molecule has 1 aliphatic carbocycles. The summed E-state index contributed by atoms with van der Waals surface area (Å²) < 4.78 is 5.75. The van der Waals surface area contributed by atoms with E-state index in [1.165, 1.54) is 5.56 Å². The second-order valence-corrected chi connectivity index (χ2v) is 7.45. The monoisotopic (exact) mass is 300 g/mol. The highest BCUT2D eigenvalue weighted by Gasteiger charge is 2.57. The van der Waals surface area contributed by atoms with Crippen LogP contribution in [0.1, 0.15) is 31.7 Å². The summed E-state index contributed by atoms with van der Waals surface area (Å²) in [5.74, 6) is 2.88. The van der Waals surface area contributed by atoms with Gasteiger partial charge in [-0.1, -0.05) is 18.2 Å². The van der Waals surface area contributed by atoms with Gasteiger partial charge in [-0.3, -0.25) is 4.79 Å². The van der Waals surface area contributed by atoms with Gasteiger partial charge in [0.2, 0.25) is 5.91 Å². The first-order chi connectivity index (χ1) is 10.6. The van der Waals surface area contributed by atoms with E-state index in [-0.39, 0.29) is 17.4 Å². The number of hydrogen-bond donors (Lipinski definition) is 2. The van der Waals surface area contributed by atoms with Gasteiger partial charge in [-0.2, -0.15) is 0 Å². The molecular formula is C18H24N2O2. The second kappa shape index (κ2) is 4.98. The van der Waals surface area contributed by atoms with Gasteiger partial charge in [-0.15, -0.1) is 0 Å². The minimum atomic E-state index is -0.249. The van der Waals surface area contributed by atoms with Crippen molar-refractivity contribution in [2.24, 2.45) is 17.8 Å². The predicted octanol–water partition coefficient (Wildman–Crippen LogP) is 1.91. The molecule has 2 N–H and O–H groups in total. The van der Waals surface area contributed by atoms with E-state index < -0.39 is 0 Å². The molecule has 22 heavy (non-hydrogen) atoms. The lowest BCUT2D eigenvalue weighted by molar-refractivity contribution is -0.125. The first-order valence-electron chi connectivity index (χ1n) is 8.32. The fourth-order valence-electron chi connectivity index (χ4n) is 4.39. The quantitative estimate of drug-likeness (QED) is 0.896. The summed E-state index contributed by atoms with van der Waals surface area (Å²) in [7, 11) is 0. The van der Waals surface area contributed by atoms with Crippen molar-refractivity contribution in [2.45, 2.75) is 31.7 Å².